The van der Waals surface area contributed by atoms with Crippen LogP contribution in [-0.2, 0) is 99.8 Å². The van der Waals surface area contributed by atoms with Gasteiger partial charge >= 0.3 is 5.97 Å². The summed E-state index contributed by atoms with van der Waals surface area (Å²) in [6, 6.07) is -7.07. The maximum absolute atomic E-state index is 14.0. The molecule has 8 fully saturated rings. The molecule has 0 bridgehead atoms. The van der Waals surface area contributed by atoms with Gasteiger partial charge in [-0.1, -0.05) is 231 Å². The number of carboxylic acid groups (broad SMARTS) is 1. The van der Waals surface area contributed by atoms with Gasteiger partial charge < -0.3 is 220 Å². The number of nitrogens with one attached hydrogen (secondary N) is 4. The fraction of sp³-hybridized carbons (Fsp3) is 0.931. The van der Waals surface area contributed by atoms with Gasteiger partial charge in [-0.3, -0.25) is 19.2 Å². The van der Waals surface area contributed by atoms with Crippen LogP contribution in [-0.4, -0.2) is 468 Å². The van der Waals surface area contributed by atoms with Crippen LogP contribution < -0.4 is 21.3 Å². The minimum absolute atomic E-state index is 0.0812. The Morgan fingerprint density at radius 2 is 0.747 bits per heavy atom. The topological polar surface area (TPSA) is 767 Å². The third-order valence-electron chi connectivity index (χ3n) is 29.3. The van der Waals surface area contributed by atoms with Gasteiger partial charge in [0.05, 0.1) is 83.3 Å². The molecule has 49 heteroatoms. The second kappa shape index (κ2) is 67.8. The Morgan fingerprint density at radius 1 is 0.367 bits per heavy atom. The lowest BCUT2D eigenvalue weighted by Gasteiger charge is -2.52. The zero-order valence-electron chi connectivity index (χ0n) is 87.5. The van der Waals surface area contributed by atoms with Gasteiger partial charge in [-0.2, -0.15) is 0 Å². The number of aliphatic hydroxyl groups excluding tert-OH is 23. The van der Waals surface area contributed by atoms with Crippen LogP contribution in [0.5, 0.6) is 0 Å². The lowest BCUT2D eigenvalue weighted by atomic mass is 9.88. The quantitative estimate of drug-likeness (QED) is 0.0210. The van der Waals surface area contributed by atoms with Crippen molar-refractivity contribution >= 4 is 29.6 Å². The third-order valence-corrected chi connectivity index (χ3v) is 29.3. The van der Waals surface area contributed by atoms with Crippen LogP contribution in [0.25, 0.3) is 0 Å². The number of carbonyl (C=O) groups is 5. The van der Waals surface area contributed by atoms with E-state index >= 15 is 0 Å². The van der Waals surface area contributed by atoms with Gasteiger partial charge in [0, 0.05) is 33.6 Å². The smallest absolute Gasteiger partial charge is 0.364 e. The van der Waals surface area contributed by atoms with Crippen LogP contribution >= 0.6 is 0 Å². The van der Waals surface area contributed by atoms with E-state index < -0.39 is 352 Å². The molecule has 0 aromatic heterocycles. The van der Waals surface area contributed by atoms with Gasteiger partial charge in [-0.15, -0.1) is 0 Å². The second-order valence-corrected chi connectivity index (χ2v) is 41.3. The molecule has 0 aromatic rings. The van der Waals surface area contributed by atoms with E-state index in [1.807, 2.05) is 0 Å². The second-order valence-electron chi connectivity index (χ2n) is 41.3. The molecule has 49 nitrogen and oxygen atoms in total. The molecule has 4 amide bonds. The lowest BCUT2D eigenvalue weighted by molar-refractivity contribution is -0.400. The minimum Gasteiger partial charge on any atom is -0.477 e. The van der Waals surface area contributed by atoms with Crippen LogP contribution in [0.15, 0.2) is 12.2 Å². The molecule has 0 aliphatic carbocycles. The van der Waals surface area contributed by atoms with E-state index in [-0.39, 0.29) is 6.42 Å². The Bertz CT molecular complexity index is 3770. The fourth-order valence-electron chi connectivity index (χ4n) is 20.4. The van der Waals surface area contributed by atoms with E-state index in [2.05, 4.69) is 35.1 Å². The van der Waals surface area contributed by atoms with Crippen LogP contribution in [0, 0.1) is 0 Å². The van der Waals surface area contributed by atoms with Crippen molar-refractivity contribution in [3.8, 4) is 0 Å². The number of aliphatic hydroxyl groups is 23. The molecular weight excluding hydrogens is 1990 g/mol. The van der Waals surface area contributed by atoms with Crippen molar-refractivity contribution in [1.82, 2.24) is 21.3 Å². The molecule has 874 valence electrons. The van der Waals surface area contributed by atoms with Gasteiger partial charge in [0.1, 0.15) is 183 Å². The van der Waals surface area contributed by atoms with Crippen molar-refractivity contribution in [2.45, 2.75) is 542 Å². The maximum Gasteiger partial charge on any atom is 0.364 e. The first-order chi connectivity index (χ1) is 71.8. The zero-order chi connectivity index (χ0) is 110. The Hall–Kier alpha value is -4.47. The highest BCUT2D eigenvalue weighted by Crippen LogP contribution is 2.43. The Balaban J connectivity index is 1.07. The molecule has 150 heavy (non-hydrogen) atoms. The van der Waals surface area contributed by atoms with E-state index in [0.717, 1.165) is 85.0 Å². The SMILES string of the molecule is CCCCCCCCCCCCC/C=C/[C@@H](O)[C@H](CO[C@@H]1OC(CO)[C@@H](O[C@@H]2OC(CO[C@@H]3OC(CO)[C@@H](O[C@@H]4OC(CO)[C@H](O)[C@H](O)C4O)[C@H](O)C3NC(C)=O)[C@H](O)[C@H](O[C@@H]3OC(CO)[C@@H](O[C@H]4OC(C)[C@@H](O)C(O)[C@@H]4O)[C@H](O[C@@H]4OC(CO)[C@H](O)[C@H](O[C@]5(C(=O)O)CC(O)[C@@H](NC(C)=O)C([C@H](O)[C@H](O)CO)O5)C4O)C3NC(C)=O)C2O)[C@H](O)C1O)NC(=O)CCCCCCCCCCCCCCCCCCCCCCCCC. The van der Waals surface area contributed by atoms with Crippen molar-refractivity contribution < 1.29 is 222 Å². The number of carboxylic acids is 1. The molecule has 8 aliphatic rings. The van der Waals surface area contributed by atoms with Crippen LogP contribution in [0.4, 0.5) is 0 Å². The summed E-state index contributed by atoms with van der Waals surface area (Å²) in [6.45, 7) is -0.214. The third kappa shape index (κ3) is 38.7. The molecule has 16 unspecified atom stereocenters. The van der Waals surface area contributed by atoms with Gasteiger partial charge in [-0.05, 0) is 26.2 Å². The number of hydrogen-bond donors (Lipinski definition) is 28. The molecule has 8 saturated heterocycles. The van der Waals surface area contributed by atoms with Crippen LogP contribution in [0.3, 0.4) is 0 Å². The summed E-state index contributed by atoms with van der Waals surface area (Å²) >= 11 is 0. The number of aliphatic carboxylic acids is 1. The highest BCUT2D eigenvalue weighted by molar-refractivity contribution is 5.77. The number of carbonyl (C=O) groups excluding carboxylic acids is 4. The Morgan fingerprint density at radius 3 is 1.23 bits per heavy atom. The summed E-state index contributed by atoms with van der Waals surface area (Å²) in [5.74, 6) is -8.89. The summed E-state index contributed by atoms with van der Waals surface area (Å²) in [7, 11) is 0. The summed E-state index contributed by atoms with van der Waals surface area (Å²) in [5, 5.41) is 284. The highest BCUT2D eigenvalue weighted by atomic mass is 16.8. The van der Waals surface area contributed by atoms with E-state index in [9.17, 15) is 147 Å². The fourth-order valence-corrected chi connectivity index (χ4v) is 20.4. The number of allylic oxidation sites excluding steroid dienone is 1. The van der Waals surface area contributed by atoms with Crippen molar-refractivity contribution in [2.24, 2.45) is 0 Å². The average molecular weight is 2170 g/mol. The summed E-state index contributed by atoms with van der Waals surface area (Å²) < 4.78 is 97.7. The number of rotatable bonds is 69. The number of amides is 4. The summed E-state index contributed by atoms with van der Waals surface area (Å²) in [6.07, 6.45) is -38.5. The number of ether oxygens (including phenoxy) is 16. The van der Waals surface area contributed by atoms with E-state index in [1.54, 1.807) is 6.08 Å². The van der Waals surface area contributed by atoms with Gasteiger partial charge in [0.2, 0.25) is 23.6 Å². The monoisotopic (exact) mass is 2170 g/mol. The molecule has 0 radical (unpaired) electrons. The van der Waals surface area contributed by atoms with Crippen LogP contribution in [0.2, 0.25) is 0 Å². The normalized spacial score (nSPS) is 37.4. The number of hydrogen-bond acceptors (Lipinski definition) is 44. The largest absolute Gasteiger partial charge is 0.477 e. The van der Waals surface area contributed by atoms with Crippen molar-refractivity contribution in [1.29, 1.82) is 0 Å². The first-order valence-electron chi connectivity index (χ1n) is 54.5. The highest BCUT2D eigenvalue weighted by Gasteiger charge is 2.64. The molecule has 43 atom stereocenters. The summed E-state index contributed by atoms with van der Waals surface area (Å²) in [5.41, 5.74) is 0. The molecule has 0 spiro atoms. The summed E-state index contributed by atoms with van der Waals surface area (Å²) in [4.78, 5) is 67.2. The molecule has 8 aliphatic heterocycles. The van der Waals surface area contributed by atoms with Crippen molar-refractivity contribution in [3.05, 3.63) is 12.2 Å². The van der Waals surface area contributed by atoms with Gasteiger partial charge in [0.25, 0.3) is 5.79 Å². The zero-order valence-corrected chi connectivity index (χ0v) is 87.5. The van der Waals surface area contributed by atoms with Crippen LogP contribution in [0.1, 0.15) is 279 Å². The van der Waals surface area contributed by atoms with Gasteiger partial charge in [0.15, 0.2) is 44.0 Å². The van der Waals surface area contributed by atoms with E-state index in [4.69, 9.17) is 75.8 Å². The average Bonchev–Trinajstić information content (AvgIpc) is 0.748. The minimum atomic E-state index is -3.39. The molecular formula is C101H180N4O45. The predicted octanol–water partition coefficient (Wildman–Crippen LogP) is -3.28. The molecule has 8 rings (SSSR count). The van der Waals surface area contributed by atoms with Crippen molar-refractivity contribution in [2.75, 3.05) is 52.9 Å². The Labute approximate surface area is 876 Å². The maximum atomic E-state index is 14.0. The molecule has 0 saturated carbocycles. The van der Waals surface area contributed by atoms with Crippen molar-refractivity contribution in [3.63, 3.8) is 0 Å². The molecule has 28 N–H and O–H groups in total. The Kier molecular flexibility index (Phi) is 59.1. The van der Waals surface area contributed by atoms with Gasteiger partial charge in [-0.25, -0.2) is 4.79 Å². The van der Waals surface area contributed by atoms with E-state index in [0.29, 0.717) is 12.8 Å². The lowest BCUT2D eigenvalue weighted by Crippen LogP contribution is -2.72. The predicted molar refractivity (Wildman–Crippen MR) is 523 cm³/mol. The molecule has 0 aromatic carbocycles. The number of unbranched alkanes of at least 4 members (excludes halogenated alkanes) is 33. The first kappa shape index (κ1) is 131. The van der Waals surface area contributed by atoms with E-state index in [1.165, 1.54) is 161 Å². The first-order valence-corrected chi connectivity index (χ1v) is 54.5. The standard InChI is InChI=1S/C101H180N4O45/c1-7-9-11-13-15-17-19-21-22-23-24-25-26-27-28-29-30-32-34-36-38-40-42-44-68(118)105-58(59(115)43-41-39-37-35-33-31-20-18-16-14-12-10-8-2)52-135-95-83(130)80(127)87(65(50-110)142-95)145-98-84(131)91(76(123)67(143-98)53-136-93-70(103-56(5)113)77(124)86(64(49-109)140-93)144-97-82(129)79(126)74(121)62(47-107)138-97)148-94-71(104-57(6)114)90(88(66(51-111)141-94)146-96-81(128)78(125)72(119)54(3)137-96)147-99-85(132)92(75(122)63(48-108)139-99)150-101(100(133)134)45-60(116)69(102-55(4)112)89(149-101)73(120)61(117)46-106/h41,43,54,58-67,69-99,106-111,115-117,119-132H,7-40,42,44-53H2,1-6H3,(H,102,112)(H,103,113)(H,104,114)(H,105,118)(H,133,134)/b43-41+/t54?,58-,59+,60?,61+,62?,63?,64?,65?,66?,67?,69+,70?,71?,72+,73+,74-,75-,76-,77+,78?,79-,80+,81-,82?,83?,84?,85?,86+,87+,88+,89?,90+,91-,92-,93+,94-,95+,96+,97-,98-,99-,101-/m0/s1. The molecule has 8 heterocycles.